The minimum absolute atomic E-state index is 0.0613. The molecular formula is C17H12ClFN4O3. The normalized spacial score (nSPS) is 10.5. The summed E-state index contributed by atoms with van der Waals surface area (Å²) in [6.45, 7) is 0.249. The van der Waals surface area contributed by atoms with Gasteiger partial charge in [-0.25, -0.2) is 4.39 Å². The van der Waals surface area contributed by atoms with Gasteiger partial charge in [-0.1, -0.05) is 35.9 Å². The van der Waals surface area contributed by atoms with Crippen LogP contribution in [-0.4, -0.2) is 20.6 Å². The monoisotopic (exact) mass is 374 g/mol. The van der Waals surface area contributed by atoms with E-state index in [0.717, 1.165) is 0 Å². The third kappa shape index (κ3) is 3.86. The molecule has 0 fully saturated rings. The first kappa shape index (κ1) is 17.6. The van der Waals surface area contributed by atoms with Gasteiger partial charge in [0.2, 0.25) is 0 Å². The number of amides is 1. The van der Waals surface area contributed by atoms with Crippen LogP contribution in [0.1, 0.15) is 15.9 Å². The Hall–Kier alpha value is -3.26. The molecule has 2 aromatic carbocycles. The van der Waals surface area contributed by atoms with E-state index in [2.05, 4.69) is 10.4 Å². The van der Waals surface area contributed by atoms with E-state index in [1.54, 1.807) is 12.1 Å². The number of hydrogen-bond acceptors (Lipinski definition) is 4. The largest absolute Gasteiger partial charge is 0.304 e. The summed E-state index contributed by atoms with van der Waals surface area (Å²) in [5, 5.41) is 17.8. The van der Waals surface area contributed by atoms with Crippen LogP contribution >= 0.6 is 11.6 Å². The number of carbonyl (C=O) groups is 1. The molecule has 132 valence electrons. The number of nitrogens with zero attached hydrogens (tertiary/aromatic N) is 3. The number of hydrogen-bond donors (Lipinski definition) is 1. The number of nitrogens with one attached hydrogen (secondary N) is 1. The van der Waals surface area contributed by atoms with Crippen LogP contribution in [-0.2, 0) is 6.54 Å². The molecule has 1 N–H and O–H groups in total. The predicted molar refractivity (Wildman–Crippen MR) is 93.8 cm³/mol. The Labute approximate surface area is 152 Å². The van der Waals surface area contributed by atoms with Gasteiger partial charge in [0.25, 0.3) is 11.6 Å². The second-order valence-electron chi connectivity index (χ2n) is 5.38. The SMILES string of the molecule is O=C(Nc1nn(Cc2cccc(F)c2)cc1Cl)c1ccccc1[N+](=O)[O-]. The Kier molecular flexibility index (Phi) is 4.94. The van der Waals surface area contributed by atoms with Crippen LogP contribution in [0.3, 0.4) is 0 Å². The molecule has 0 spiro atoms. The number of anilines is 1. The van der Waals surface area contributed by atoms with Gasteiger partial charge in [-0.2, -0.15) is 5.10 Å². The van der Waals surface area contributed by atoms with Gasteiger partial charge in [0.05, 0.1) is 11.5 Å². The van der Waals surface area contributed by atoms with E-state index >= 15 is 0 Å². The van der Waals surface area contributed by atoms with Gasteiger partial charge in [-0.05, 0) is 23.8 Å². The summed E-state index contributed by atoms with van der Waals surface area (Å²) >= 11 is 6.07. The zero-order valence-electron chi connectivity index (χ0n) is 13.2. The predicted octanol–water partition coefficient (Wildman–Crippen LogP) is 3.88. The van der Waals surface area contributed by atoms with Gasteiger partial charge in [0.15, 0.2) is 5.82 Å². The number of rotatable bonds is 5. The number of halogens is 2. The molecule has 0 unspecified atom stereocenters. The molecule has 0 bridgehead atoms. The molecule has 0 saturated carbocycles. The molecule has 0 aliphatic heterocycles. The summed E-state index contributed by atoms with van der Waals surface area (Å²) < 4.78 is 14.7. The smallest absolute Gasteiger partial charge is 0.282 e. The van der Waals surface area contributed by atoms with Gasteiger partial charge in [-0.3, -0.25) is 19.6 Å². The lowest BCUT2D eigenvalue weighted by atomic mass is 10.1. The lowest BCUT2D eigenvalue weighted by Crippen LogP contribution is -2.15. The molecule has 9 heteroatoms. The van der Waals surface area contributed by atoms with Crippen molar-refractivity contribution in [2.24, 2.45) is 0 Å². The molecule has 0 aliphatic carbocycles. The second-order valence-corrected chi connectivity index (χ2v) is 5.79. The number of para-hydroxylation sites is 1. The lowest BCUT2D eigenvalue weighted by Gasteiger charge is -2.04. The molecule has 0 radical (unpaired) electrons. The number of carbonyl (C=O) groups excluding carboxylic acids is 1. The van der Waals surface area contributed by atoms with Crippen molar-refractivity contribution in [3.63, 3.8) is 0 Å². The highest BCUT2D eigenvalue weighted by atomic mass is 35.5. The minimum atomic E-state index is -0.699. The van der Waals surface area contributed by atoms with Gasteiger partial charge < -0.3 is 5.32 Å². The Morgan fingerprint density at radius 2 is 2.04 bits per heavy atom. The van der Waals surface area contributed by atoms with Crippen LogP contribution < -0.4 is 5.32 Å². The molecule has 0 aliphatic rings. The maximum absolute atomic E-state index is 13.2. The molecule has 3 rings (SSSR count). The minimum Gasteiger partial charge on any atom is -0.304 e. The van der Waals surface area contributed by atoms with Crippen molar-refractivity contribution in [1.29, 1.82) is 0 Å². The van der Waals surface area contributed by atoms with Crippen molar-refractivity contribution in [1.82, 2.24) is 9.78 Å². The van der Waals surface area contributed by atoms with Crippen molar-refractivity contribution in [2.75, 3.05) is 5.32 Å². The molecule has 0 saturated heterocycles. The van der Waals surface area contributed by atoms with Crippen LogP contribution in [0, 0.1) is 15.9 Å². The Bertz CT molecular complexity index is 990. The number of nitro benzene ring substituents is 1. The molecule has 1 aromatic heterocycles. The zero-order chi connectivity index (χ0) is 18.7. The first-order valence-electron chi connectivity index (χ1n) is 7.46. The van der Waals surface area contributed by atoms with Crippen molar-refractivity contribution in [3.8, 4) is 0 Å². The molecule has 1 amide bonds. The number of nitro groups is 1. The second kappa shape index (κ2) is 7.32. The summed E-state index contributed by atoms with van der Waals surface area (Å²) in [6, 6.07) is 11.6. The highest BCUT2D eigenvalue weighted by Gasteiger charge is 2.21. The fourth-order valence-corrected chi connectivity index (χ4v) is 2.58. The van der Waals surface area contributed by atoms with Crippen LogP contribution in [0.2, 0.25) is 5.02 Å². The molecule has 1 heterocycles. The third-order valence-electron chi connectivity index (χ3n) is 3.53. The maximum atomic E-state index is 13.2. The van der Waals surface area contributed by atoms with Crippen LogP contribution in [0.25, 0.3) is 0 Å². The Morgan fingerprint density at radius 1 is 1.27 bits per heavy atom. The average Bonchev–Trinajstić information content (AvgIpc) is 2.94. The van der Waals surface area contributed by atoms with E-state index in [1.165, 1.54) is 47.3 Å². The first-order valence-corrected chi connectivity index (χ1v) is 7.84. The van der Waals surface area contributed by atoms with Gasteiger partial charge in [0.1, 0.15) is 16.4 Å². The van der Waals surface area contributed by atoms with Crippen molar-refractivity contribution >= 4 is 29.0 Å². The van der Waals surface area contributed by atoms with Crippen molar-refractivity contribution < 1.29 is 14.1 Å². The van der Waals surface area contributed by atoms with Crippen LogP contribution in [0.15, 0.2) is 54.7 Å². The summed E-state index contributed by atoms with van der Waals surface area (Å²) in [7, 11) is 0. The lowest BCUT2D eigenvalue weighted by molar-refractivity contribution is -0.385. The van der Waals surface area contributed by atoms with E-state index in [0.29, 0.717) is 5.56 Å². The van der Waals surface area contributed by atoms with Crippen LogP contribution in [0.5, 0.6) is 0 Å². The van der Waals surface area contributed by atoms with Crippen LogP contribution in [0.4, 0.5) is 15.9 Å². The van der Waals surface area contributed by atoms with E-state index in [1.807, 2.05) is 0 Å². The van der Waals surface area contributed by atoms with Gasteiger partial charge in [0, 0.05) is 12.3 Å². The highest BCUT2D eigenvalue weighted by molar-refractivity contribution is 6.33. The fraction of sp³-hybridized carbons (Fsp3) is 0.0588. The number of aromatic nitrogens is 2. The Morgan fingerprint density at radius 3 is 2.77 bits per heavy atom. The topological polar surface area (TPSA) is 90.1 Å². The molecule has 26 heavy (non-hydrogen) atoms. The quantitative estimate of drug-likeness (QED) is 0.542. The number of benzene rings is 2. The third-order valence-corrected chi connectivity index (χ3v) is 3.80. The van der Waals surface area contributed by atoms with E-state index in [4.69, 9.17) is 11.6 Å². The summed E-state index contributed by atoms with van der Waals surface area (Å²) in [5.41, 5.74) is 0.245. The summed E-state index contributed by atoms with van der Waals surface area (Å²) in [5.74, 6) is -1.01. The summed E-state index contributed by atoms with van der Waals surface area (Å²) in [6.07, 6.45) is 1.47. The highest BCUT2D eigenvalue weighted by Crippen LogP contribution is 2.23. The zero-order valence-corrected chi connectivity index (χ0v) is 14.0. The van der Waals surface area contributed by atoms with E-state index < -0.39 is 10.8 Å². The molecular weight excluding hydrogens is 363 g/mol. The summed E-state index contributed by atoms with van der Waals surface area (Å²) in [4.78, 5) is 22.7. The van der Waals surface area contributed by atoms with E-state index in [-0.39, 0.29) is 34.5 Å². The average molecular weight is 375 g/mol. The van der Waals surface area contributed by atoms with E-state index in [9.17, 15) is 19.3 Å². The standard InChI is InChI=1S/C17H12ClFN4O3/c18-14-10-22(9-11-4-3-5-12(19)8-11)21-16(14)20-17(24)13-6-1-2-7-15(13)23(25)26/h1-8,10H,9H2,(H,20,21,24). The molecule has 0 atom stereocenters. The van der Waals surface area contributed by atoms with Crippen molar-refractivity contribution in [2.45, 2.75) is 6.54 Å². The van der Waals surface area contributed by atoms with Gasteiger partial charge in [-0.15, -0.1) is 0 Å². The fourth-order valence-electron chi connectivity index (χ4n) is 2.38. The van der Waals surface area contributed by atoms with Crippen molar-refractivity contribution in [3.05, 3.63) is 86.8 Å². The maximum Gasteiger partial charge on any atom is 0.282 e. The molecule has 7 nitrogen and oxygen atoms in total. The first-order chi connectivity index (χ1) is 12.4. The van der Waals surface area contributed by atoms with Gasteiger partial charge >= 0.3 is 0 Å². The molecule has 3 aromatic rings. The Balaban J connectivity index is 1.80.